The number of carbonyl (C=O) groups excluding carboxylic acids is 1. The molecule has 1 aliphatic rings. The van der Waals surface area contributed by atoms with Crippen LogP contribution in [0.15, 0.2) is 23.7 Å². The summed E-state index contributed by atoms with van der Waals surface area (Å²) in [5.41, 5.74) is 1.84. The topological polar surface area (TPSA) is 49.0 Å². The third-order valence-corrected chi connectivity index (χ3v) is 4.87. The van der Waals surface area contributed by atoms with Gasteiger partial charge in [0.25, 0.3) is 5.91 Å². The largest absolute Gasteiger partial charge is 0.357 e. The lowest BCUT2D eigenvalue weighted by atomic mass is 9.98. The first-order valence-electron chi connectivity index (χ1n) is 7.15. The van der Waals surface area contributed by atoms with Crippen molar-refractivity contribution in [2.45, 2.75) is 32.1 Å². The van der Waals surface area contributed by atoms with E-state index in [1.165, 1.54) is 5.01 Å². The standard InChI is InChI=1S/C15H19N3OS/c1-2-12-10-20-14(17-12)11-5-4-8-18(9-11)15(19)13-6-3-7-16-13/h3,6-7,10-11,16H,2,4-5,8-9H2,1H3/t11-/m0/s1. The average molecular weight is 289 g/mol. The molecule has 0 aromatic carbocycles. The predicted octanol–water partition coefficient (Wildman–Crippen LogP) is 3.05. The molecule has 0 radical (unpaired) electrons. The fraction of sp³-hybridized carbons (Fsp3) is 0.467. The number of H-pyrrole nitrogens is 1. The summed E-state index contributed by atoms with van der Waals surface area (Å²) in [4.78, 5) is 22.0. The van der Waals surface area contributed by atoms with Crippen molar-refractivity contribution in [1.82, 2.24) is 14.9 Å². The van der Waals surface area contributed by atoms with E-state index in [1.54, 1.807) is 17.5 Å². The quantitative estimate of drug-likeness (QED) is 0.944. The maximum absolute atomic E-state index is 12.4. The summed E-state index contributed by atoms with van der Waals surface area (Å²) in [5.74, 6) is 0.500. The fourth-order valence-corrected chi connectivity index (χ4v) is 3.70. The number of aromatic amines is 1. The highest BCUT2D eigenvalue weighted by Gasteiger charge is 2.27. The van der Waals surface area contributed by atoms with Crippen LogP contribution in [0.5, 0.6) is 0 Å². The van der Waals surface area contributed by atoms with Gasteiger partial charge in [-0.3, -0.25) is 4.79 Å². The minimum Gasteiger partial charge on any atom is -0.357 e. The average Bonchev–Trinajstić information content (AvgIpc) is 3.17. The molecule has 0 saturated carbocycles. The first-order chi connectivity index (χ1) is 9.78. The molecule has 1 aliphatic heterocycles. The summed E-state index contributed by atoms with van der Waals surface area (Å²) in [7, 11) is 0. The highest BCUT2D eigenvalue weighted by atomic mass is 32.1. The first kappa shape index (κ1) is 13.4. The Morgan fingerprint density at radius 1 is 1.60 bits per heavy atom. The van der Waals surface area contributed by atoms with Gasteiger partial charge in [-0.05, 0) is 31.4 Å². The monoisotopic (exact) mass is 289 g/mol. The van der Waals surface area contributed by atoms with Gasteiger partial charge in [-0.1, -0.05) is 6.92 Å². The van der Waals surface area contributed by atoms with Gasteiger partial charge in [0.15, 0.2) is 0 Å². The molecule has 1 fully saturated rings. The normalized spacial score (nSPS) is 19.2. The molecule has 2 aromatic heterocycles. The van der Waals surface area contributed by atoms with Crippen LogP contribution < -0.4 is 0 Å². The lowest BCUT2D eigenvalue weighted by Gasteiger charge is -2.31. The molecule has 1 N–H and O–H groups in total. The van der Waals surface area contributed by atoms with Crippen LogP contribution in [-0.4, -0.2) is 33.9 Å². The Labute approximate surface area is 122 Å². The number of amides is 1. The number of hydrogen-bond donors (Lipinski definition) is 1. The molecule has 0 spiro atoms. The molecular formula is C15H19N3OS. The summed E-state index contributed by atoms with van der Waals surface area (Å²) in [6.45, 7) is 3.76. The lowest BCUT2D eigenvalue weighted by molar-refractivity contribution is 0.0702. The maximum Gasteiger partial charge on any atom is 0.270 e. The molecule has 1 amide bonds. The Kier molecular flexibility index (Phi) is 3.87. The second-order valence-electron chi connectivity index (χ2n) is 5.20. The highest BCUT2D eigenvalue weighted by Crippen LogP contribution is 2.29. The number of nitrogens with one attached hydrogen (secondary N) is 1. The van der Waals surface area contributed by atoms with E-state index in [4.69, 9.17) is 0 Å². The van der Waals surface area contributed by atoms with Crippen molar-refractivity contribution in [2.24, 2.45) is 0 Å². The third-order valence-electron chi connectivity index (χ3n) is 3.82. The van der Waals surface area contributed by atoms with Crippen LogP contribution in [0.1, 0.15) is 46.9 Å². The van der Waals surface area contributed by atoms with Gasteiger partial charge in [-0.15, -0.1) is 11.3 Å². The van der Waals surface area contributed by atoms with Crippen LogP contribution >= 0.6 is 11.3 Å². The molecule has 4 nitrogen and oxygen atoms in total. The summed E-state index contributed by atoms with van der Waals surface area (Å²) >= 11 is 1.73. The number of piperidine rings is 1. The van der Waals surface area contributed by atoms with Crippen LogP contribution in [0.3, 0.4) is 0 Å². The molecule has 106 valence electrons. The van der Waals surface area contributed by atoms with Crippen molar-refractivity contribution in [3.8, 4) is 0 Å². The van der Waals surface area contributed by atoms with E-state index in [9.17, 15) is 4.79 Å². The summed E-state index contributed by atoms with van der Waals surface area (Å²) in [6.07, 6.45) is 4.96. The smallest absolute Gasteiger partial charge is 0.270 e. The fourth-order valence-electron chi connectivity index (χ4n) is 2.67. The second-order valence-corrected chi connectivity index (χ2v) is 6.09. The summed E-state index contributed by atoms with van der Waals surface area (Å²) < 4.78 is 0. The Bertz CT molecular complexity index is 576. The van der Waals surface area contributed by atoms with E-state index in [0.29, 0.717) is 11.6 Å². The molecule has 3 heterocycles. The minimum absolute atomic E-state index is 0.104. The van der Waals surface area contributed by atoms with Gasteiger partial charge in [-0.2, -0.15) is 0 Å². The molecule has 1 saturated heterocycles. The minimum atomic E-state index is 0.104. The number of likely N-dealkylation sites (tertiary alicyclic amines) is 1. The number of aromatic nitrogens is 2. The zero-order valence-corrected chi connectivity index (χ0v) is 12.4. The Balaban J connectivity index is 1.71. The van der Waals surface area contributed by atoms with E-state index in [2.05, 4.69) is 22.3 Å². The van der Waals surface area contributed by atoms with Crippen LogP contribution in [-0.2, 0) is 6.42 Å². The molecule has 1 atom stereocenters. The third kappa shape index (κ3) is 2.63. The lowest BCUT2D eigenvalue weighted by Crippen LogP contribution is -2.39. The van der Waals surface area contributed by atoms with Crippen molar-refractivity contribution in [2.75, 3.05) is 13.1 Å². The van der Waals surface area contributed by atoms with Gasteiger partial charge in [0.1, 0.15) is 5.69 Å². The van der Waals surface area contributed by atoms with Crippen LogP contribution in [0.2, 0.25) is 0 Å². The Morgan fingerprint density at radius 2 is 2.50 bits per heavy atom. The Morgan fingerprint density at radius 3 is 3.20 bits per heavy atom. The van der Waals surface area contributed by atoms with Gasteiger partial charge in [0, 0.05) is 30.6 Å². The van der Waals surface area contributed by atoms with Gasteiger partial charge >= 0.3 is 0 Å². The maximum atomic E-state index is 12.4. The molecule has 2 aromatic rings. The number of hydrogen-bond acceptors (Lipinski definition) is 3. The van der Waals surface area contributed by atoms with E-state index in [-0.39, 0.29) is 5.91 Å². The Hall–Kier alpha value is -1.62. The number of aryl methyl sites for hydroxylation is 1. The van der Waals surface area contributed by atoms with Gasteiger partial charge < -0.3 is 9.88 Å². The summed E-state index contributed by atoms with van der Waals surface area (Å²) in [5, 5.41) is 3.33. The van der Waals surface area contributed by atoms with Crippen LogP contribution in [0, 0.1) is 0 Å². The number of carbonyl (C=O) groups is 1. The van der Waals surface area contributed by atoms with Crippen molar-refractivity contribution in [3.63, 3.8) is 0 Å². The van der Waals surface area contributed by atoms with Crippen LogP contribution in [0.4, 0.5) is 0 Å². The van der Waals surface area contributed by atoms with E-state index in [0.717, 1.165) is 38.0 Å². The zero-order valence-electron chi connectivity index (χ0n) is 11.6. The summed E-state index contributed by atoms with van der Waals surface area (Å²) in [6, 6.07) is 3.70. The molecular weight excluding hydrogens is 270 g/mol. The zero-order chi connectivity index (χ0) is 13.9. The molecule has 0 aliphatic carbocycles. The van der Waals surface area contributed by atoms with E-state index < -0.39 is 0 Å². The highest BCUT2D eigenvalue weighted by molar-refractivity contribution is 7.09. The molecule has 3 rings (SSSR count). The van der Waals surface area contributed by atoms with Crippen molar-refractivity contribution >= 4 is 17.2 Å². The molecule has 5 heteroatoms. The van der Waals surface area contributed by atoms with E-state index >= 15 is 0 Å². The van der Waals surface area contributed by atoms with Crippen molar-refractivity contribution in [1.29, 1.82) is 0 Å². The second kappa shape index (κ2) is 5.79. The number of nitrogens with zero attached hydrogens (tertiary/aromatic N) is 2. The first-order valence-corrected chi connectivity index (χ1v) is 8.03. The van der Waals surface area contributed by atoms with Crippen molar-refractivity contribution < 1.29 is 4.79 Å². The SMILES string of the molecule is CCc1csc([C@H]2CCCN(C(=O)c3ccc[nH]3)C2)n1. The van der Waals surface area contributed by atoms with Gasteiger partial charge in [-0.25, -0.2) is 4.98 Å². The number of thiazole rings is 1. The molecule has 0 bridgehead atoms. The van der Waals surface area contributed by atoms with Crippen molar-refractivity contribution in [3.05, 3.63) is 40.1 Å². The predicted molar refractivity (Wildman–Crippen MR) is 80.2 cm³/mol. The van der Waals surface area contributed by atoms with Crippen LogP contribution in [0.25, 0.3) is 0 Å². The molecule has 0 unspecified atom stereocenters. The van der Waals surface area contributed by atoms with Gasteiger partial charge in [0.05, 0.1) is 10.7 Å². The van der Waals surface area contributed by atoms with E-state index in [1.807, 2.05) is 17.0 Å². The van der Waals surface area contributed by atoms with Gasteiger partial charge in [0.2, 0.25) is 0 Å². The number of rotatable bonds is 3. The molecule has 20 heavy (non-hydrogen) atoms.